The standard InChI is InChI=1S/C16H16N2O5/c1-12(17-22-11-13-5-3-2-4-6-13)16(19)23-15-9-7-14(8-10-15)18(20)21/h2-10,12,17H,11H2,1H3. The zero-order chi connectivity index (χ0) is 16.7. The first-order valence-corrected chi connectivity index (χ1v) is 6.93. The lowest BCUT2D eigenvalue weighted by molar-refractivity contribution is -0.384. The van der Waals surface area contributed by atoms with Gasteiger partial charge in [0.1, 0.15) is 11.8 Å². The number of carbonyl (C=O) groups is 1. The zero-order valence-electron chi connectivity index (χ0n) is 12.5. The van der Waals surface area contributed by atoms with Gasteiger partial charge in [0, 0.05) is 12.1 Å². The number of nitrogens with one attached hydrogen (secondary N) is 1. The predicted molar refractivity (Wildman–Crippen MR) is 82.6 cm³/mol. The van der Waals surface area contributed by atoms with Crippen LogP contribution in [0.5, 0.6) is 5.75 Å². The Labute approximate surface area is 132 Å². The Morgan fingerprint density at radius 1 is 1.17 bits per heavy atom. The Morgan fingerprint density at radius 3 is 2.43 bits per heavy atom. The molecule has 23 heavy (non-hydrogen) atoms. The molecule has 7 heteroatoms. The topological polar surface area (TPSA) is 90.7 Å². The van der Waals surface area contributed by atoms with Gasteiger partial charge >= 0.3 is 5.97 Å². The van der Waals surface area contributed by atoms with Gasteiger partial charge in [0.25, 0.3) is 5.69 Å². The number of nitro groups is 1. The van der Waals surface area contributed by atoms with Gasteiger partial charge in [0.05, 0.1) is 11.5 Å². The number of hydroxylamine groups is 1. The van der Waals surface area contributed by atoms with E-state index >= 15 is 0 Å². The molecular formula is C16H16N2O5. The summed E-state index contributed by atoms with van der Waals surface area (Å²) >= 11 is 0. The molecule has 0 radical (unpaired) electrons. The second kappa shape index (κ2) is 8.02. The van der Waals surface area contributed by atoms with Crippen LogP contribution in [-0.2, 0) is 16.2 Å². The van der Waals surface area contributed by atoms with Crippen molar-refractivity contribution < 1.29 is 19.3 Å². The van der Waals surface area contributed by atoms with E-state index in [1.165, 1.54) is 24.3 Å². The third kappa shape index (κ3) is 5.17. The lowest BCUT2D eigenvalue weighted by atomic mass is 10.2. The normalized spacial score (nSPS) is 11.7. The molecule has 120 valence electrons. The van der Waals surface area contributed by atoms with E-state index in [2.05, 4.69) is 5.48 Å². The molecule has 0 aromatic heterocycles. The van der Waals surface area contributed by atoms with E-state index in [9.17, 15) is 14.9 Å². The van der Waals surface area contributed by atoms with Gasteiger partial charge < -0.3 is 4.74 Å². The summed E-state index contributed by atoms with van der Waals surface area (Å²) in [5, 5.41) is 10.5. The van der Waals surface area contributed by atoms with Crippen LogP contribution in [0.15, 0.2) is 54.6 Å². The lowest BCUT2D eigenvalue weighted by Gasteiger charge is -2.13. The summed E-state index contributed by atoms with van der Waals surface area (Å²) < 4.78 is 5.11. The Bertz CT molecular complexity index is 658. The Kier molecular flexibility index (Phi) is 5.79. The minimum atomic E-state index is -0.686. The summed E-state index contributed by atoms with van der Waals surface area (Å²) in [5.74, 6) is -0.316. The van der Waals surface area contributed by atoms with Gasteiger partial charge in [0.2, 0.25) is 0 Å². The second-order valence-electron chi connectivity index (χ2n) is 4.79. The van der Waals surface area contributed by atoms with Crippen LogP contribution in [0, 0.1) is 10.1 Å². The molecule has 0 spiro atoms. The third-order valence-corrected chi connectivity index (χ3v) is 2.96. The lowest BCUT2D eigenvalue weighted by Crippen LogP contribution is -2.36. The molecule has 0 fully saturated rings. The molecular weight excluding hydrogens is 300 g/mol. The van der Waals surface area contributed by atoms with Crippen LogP contribution in [0.1, 0.15) is 12.5 Å². The van der Waals surface area contributed by atoms with Gasteiger partial charge in [-0.2, -0.15) is 5.48 Å². The van der Waals surface area contributed by atoms with E-state index < -0.39 is 16.9 Å². The van der Waals surface area contributed by atoms with Crippen molar-refractivity contribution >= 4 is 11.7 Å². The quantitative estimate of drug-likeness (QED) is 0.365. The Hall–Kier alpha value is -2.77. The highest BCUT2D eigenvalue weighted by atomic mass is 16.6. The number of carbonyl (C=O) groups excluding carboxylic acids is 1. The molecule has 1 N–H and O–H groups in total. The first-order valence-electron chi connectivity index (χ1n) is 6.93. The largest absolute Gasteiger partial charge is 0.425 e. The third-order valence-electron chi connectivity index (χ3n) is 2.96. The minimum Gasteiger partial charge on any atom is -0.425 e. The summed E-state index contributed by atoms with van der Waals surface area (Å²) in [4.78, 5) is 27.2. The summed E-state index contributed by atoms with van der Waals surface area (Å²) in [5.41, 5.74) is 3.50. The molecule has 0 aliphatic carbocycles. The summed E-state index contributed by atoms with van der Waals surface area (Å²) in [6.45, 7) is 1.91. The molecule has 0 saturated carbocycles. The summed E-state index contributed by atoms with van der Waals surface area (Å²) in [7, 11) is 0. The molecule has 0 amide bonds. The SMILES string of the molecule is CC(NOCc1ccccc1)C(=O)Oc1ccc([N+](=O)[O-])cc1. The fourth-order valence-corrected chi connectivity index (χ4v) is 1.71. The second-order valence-corrected chi connectivity index (χ2v) is 4.79. The van der Waals surface area contributed by atoms with Gasteiger partial charge in [-0.25, -0.2) is 4.79 Å². The highest BCUT2D eigenvalue weighted by molar-refractivity contribution is 5.77. The van der Waals surface area contributed by atoms with Gasteiger partial charge in [-0.15, -0.1) is 0 Å². The Balaban J connectivity index is 1.79. The van der Waals surface area contributed by atoms with Crippen molar-refractivity contribution in [3.63, 3.8) is 0 Å². The van der Waals surface area contributed by atoms with E-state index in [0.29, 0.717) is 6.61 Å². The molecule has 0 heterocycles. The maximum absolute atomic E-state index is 11.9. The summed E-state index contributed by atoms with van der Waals surface area (Å²) in [6.07, 6.45) is 0. The minimum absolute atomic E-state index is 0.0674. The highest BCUT2D eigenvalue weighted by Crippen LogP contribution is 2.17. The van der Waals surface area contributed by atoms with Gasteiger partial charge in [-0.05, 0) is 24.6 Å². The molecule has 0 bridgehead atoms. The average molecular weight is 316 g/mol. The van der Waals surface area contributed by atoms with Crippen molar-refractivity contribution in [2.75, 3.05) is 0 Å². The van der Waals surface area contributed by atoms with Gasteiger partial charge in [-0.1, -0.05) is 30.3 Å². The number of nitro benzene ring substituents is 1. The van der Waals surface area contributed by atoms with Crippen molar-refractivity contribution in [2.24, 2.45) is 0 Å². The number of rotatable bonds is 7. The van der Waals surface area contributed by atoms with E-state index in [-0.39, 0.29) is 11.4 Å². The molecule has 1 unspecified atom stereocenters. The van der Waals surface area contributed by atoms with Crippen molar-refractivity contribution in [1.29, 1.82) is 0 Å². The van der Waals surface area contributed by atoms with Crippen molar-refractivity contribution in [2.45, 2.75) is 19.6 Å². The van der Waals surface area contributed by atoms with Crippen LogP contribution in [0.2, 0.25) is 0 Å². The fourth-order valence-electron chi connectivity index (χ4n) is 1.71. The zero-order valence-corrected chi connectivity index (χ0v) is 12.5. The van der Waals surface area contributed by atoms with Crippen LogP contribution in [0.25, 0.3) is 0 Å². The molecule has 2 aromatic rings. The first-order chi connectivity index (χ1) is 11.1. The van der Waals surface area contributed by atoms with Crippen LogP contribution < -0.4 is 10.2 Å². The Morgan fingerprint density at radius 2 is 1.83 bits per heavy atom. The number of nitrogens with zero attached hydrogens (tertiary/aromatic N) is 1. The maximum Gasteiger partial charge on any atom is 0.330 e. The number of hydrogen-bond acceptors (Lipinski definition) is 6. The molecule has 2 aromatic carbocycles. The van der Waals surface area contributed by atoms with Crippen LogP contribution >= 0.6 is 0 Å². The number of esters is 1. The predicted octanol–water partition coefficient (Wildman–Crippen LogP) is 2.61. The molecule has 1 atom stereocenters. The monoisotopic (exact) mass is 316 g/mol. The number of benzene rings is 2. The van der Waals surface area contributed by atoms with Crippen LogP contribution in [-0.4, -0.2) is 16.9 Å². The van der Waals surface area contributed by atoms with E-state index in [1.807, 2.05) is 30.3 Å². The summed E-state index contributed by atoms with van der Waals surface area (Å²) in [6, 6.07) is 14.1. The number of non-ortho nitro benzene ring substituents is 1. The number of hydrogen-bond donors (Lipinski definition) is 1. The molecule has 2 rings (SSSR count). The molecule has 0 saturated heterocycles. The van der Waals surface area contributed by atoms with E-state index in [0.717, 1.165) is 5.56 Å². The van der Waals surface area contributed by atoms with Crippen LogP contribution in [0.4, 0.5) is 5.69 Å². The van der Waals surface area contributed by atoms with Crippen molar-refractivity contribution in [3.8, 4) is 5.75 Å². The fraction of sp³-hybridized carbons (Fsp3) is 0.188. The van der Waals surface area contributed by atoms with Crippen LogP contribution in [0.3, 0.4) is 0 Å². The first kappa shape index (κ1) is 16.6. The van der Waals surface area contributed by atoms with Crippen molar-refractivity contribution in [3.05, 3.63) is 70.3 Å². The molecule has 7 nitrogen and oxygen atoms in total. The molecule has 0 aliphatic heterocycles. The highest BCUT2D eigenvalue weighted by Gasteiger charge is 2.16. The maximum atomic E-state index is 11.9. The van der Waals surface area contributed by atoms with Gasteiger partial charge in [-0.3, -0.25) is 15.0 Å². The number of ether oxygens (including phenoxy) is 1. The molecule has 0 aliphatic rings. The van der Waals surface area contributed by atoms with E-state index in [4.69, 9.17) is 9.57 Å². The van der Waals surface area contributed by atoms with E-state index in [1.54, 1.807) is 6.92 Å². The van der Waals surface area contributed by atoms with Crippen molar-refractivity contribution in [1.82, 2.24) is 5.48 Å². The smallest absolute Gasteiger partial charge is 0.330 e. The van der Waals surface area contributed by atoms with Gasteiger partial charge in [0.15, 0.2) is 0 Å². The average Bonchev–Trinajstić information content (AvgIpc) is 2.56.